The fraction of sp³-hybridized carbons (Fsp3) is 0.733. The van der Waals surface area contributed by atoms with E-state index in [1.54, 1.807) is 7.11 Å². The highest BCUT2D eigenvalue weighted by molar-refractivity contribution is 5.11. The van der Waals surface area contributed by atoms with Gasteiger partial charge in [-0.1, -0.05) is 13.8 Å². The Balaban J connectivity index is 2.17. The quantitative estimate of drug-likeness (QED) is 0.907. The maximum Gasteiger partial charge on any atom is 0.160 e. The lowest BCUT2D eigenvalue weighted by molar-refractivity contribution is -0.0729. The second-order valence-corrected chi connectivity index (χ2v) is 6.31. The van der Waals surface area contributed by atoms with E-state index in [9.17, 15) is 0 Å². The molecule has 0 bridgehead atoms. The molecule has 0 radical (unpaired) electrons. The van der Waals surface area contributed by atoms with Crippen LogP contribution in [0.4, 0.5) is 0 Å². The van der Waals surface area contributed by atoms with E-state index in [1.165, 1.54) is 0 Å². The Bertz CT molecular complexity index is 404. The molecule has 106 valence electrons. The molecule has 0 aromatic carbocycles. The second kappa shape index (κ2) is 5.55. The highest BCUT2D eigenvalue weighted by atomic mass is 16.5. The van der Waals surface area contributed by atoms with E-state index in [0.717, 1.165) is 43.6 Å². The van der Waals surface area contributed by atoms with E-state index in [0.29, 0.717) is 5.41 Å². The summed E-state index contributed by atoms with van der Waals surface area (Å²) in [6, 6.07) is 0. The Kier molecular flexibility index (Phi) is 4.21. The van der Waals surface area contributed by atoms with Crippen LogP contribution in [-0.2, 0) is 16.9 Å². The highest BCUT2D eigenvalue weighted by Gasteiger charge is 2.41. The minimum Gasteiger partial charge on any atom is -0.370 e. The number of hydrogen-bond donors (Lipinski definition) is 1. The monoisotopic (exact) mass is 263 g/mol. The van der Waals surface area contributed by atoms with E-state index in [1.807, 2.05) is 19.4 Å². The van der Waals surface area contributed by atoms with Gasteiger partial charge in [0, 0.05) is 31.6 Å². The highest BCUT2D eigenvalue weighted by Crippen LogP contribution is 2.45. The molecule has 0 amide bonds. The van der Waals surface area contributed by atoms with Crippen LogP contribution >= 0.6 is 0 Å². The third-order valence-electron chi connectivity index (χ3n) is 4.30. The molecule has 1 aromatic rings. The molecule has 1 aromatic heterocycles. The van der Waals surface area contributed by atoms with Crippen LogP contribution in [0.15, 0.2) is 12.4 Å². The van der Waals surface area contributed by atoms with Crippen LogP contribution in [0.1, 0.15) is 50.9 Å². The Morgan fingerprint density at radius 2 is 1.74 bits per heavy atom. The molecule has 0 atom stereocenters. The number of methoxy groups -OCH3 is 1. The molecule has 1 aliphatic carbocycles. The molecule has 1 fully saturated rings. The summed E-state index contributed by atoms with van der Waals surface area (Å²) >= 11 is 0. The lowest BCUT2D eigenvalue weighted by Gasteiger charge is -2.41. The van der Waals surface area contributed by atoms with Crippen LogP contribution < -0.4 is 5.32 Å². The Morgan fingerprint density at radius 3 is 2.21 bits per heavy atom. The first-order valence-corrected chi connectivity index (χ1v) is 7.02. The standard InChI is InChI=1S/C15H25N3O/c1-14(2)5-7-15(19-4,8-6-14)13-17-10-12(9-16-3)11-18-13/h10-11,16H,5-9H2,1-4H3. The summed E-state index contributed by atoms with van der Waals surface area (Å²) in [5, 5.41) is 3.11. The van der Waals surface area contributed by atoms with Gasteiger partial charge in [-0.2, -0.15) is 0 Å². The van der Waals surface area contributed by atoms with Crippen LogP contribution in [-0.4, -0.2) is 24.1 Å². The second-order valence-electron chi connectivity index (χ2n) is 6.31. The summed E-state index contributed by atoms with van der Waals surface area (Å²) in [5.74, 6) is 0.838. The fourth-order valence-electron chi connectivity index (χ4n) is 2.74. The molecular formula is C15H25N3O. The van der Waals surface area contributed by atoms with Gasteiger partial charge in [0.1, 0.15) is 5.60 Å². The minimum atomic E-state index is -0.284. The average molecular weight is 263 g/mol. The fourth-order valence-corrected chi connectivity index (χ4v) is 2.74. The van der Waals surface area contributed by atoms with Crippen molar-refractivity contribution in [2.45, 2.75) is 51.7 Å². The number of aromatic nitrogens is 2. The first-order chi connectivity index (χ1) is 9.01. The number of ether oxygens (including phenoxy) is 1. The summed E-state index contributed by atoms with van der Waals surface area (Å²) in [7, 11) is 3.71. The van der Waals surface area contributed by atoms with Gasteiger partial charge in [0.05, 0.1) is 0 Å². The third kappa shape index (κ3) is 3.12. The predicted molar refractivity (Wildman–Crippen MR) is 75.7 cm³/mol. The summed E-state index contributed by atoms with van der Waals surface area (Å²) in [6.45, 7) is 5.44. The van der Waals surface area contributed by atoms with Crippen LogP contribution in [0.25, 0.3) is 0 Å². The van der Waals surface area contributed by atoms with E-state index < -0.39 is 0 Å². The molecule has 0 aliphatic heterocycles. The van der Waals surface area contributed by atoms with Gasteiger partial charge in [0.25, 0.3) is 0 Å². The third-order valence-corrected chi connectivity index (χ3v) is 4.30. The normalized spacial score (nSPS) is 21.3. The van der Waals surface area contributed by atoms with Crippen LogP contribution in [0.5, 0.6) is 0 Å². The van der Waals surface area contributed by atoms with Gasteiger partial charge in [-0.3, -0.25) is 0 Å². The lowest BCUT2D eigenvalue weighted by Crippen LogP contribution is -2.38. The summed E-state index contributed by atoms with van der Waals surface area (Å²) in [5.41, 5.74) is 1.23. The zero-order chi connectivity index (χ0) is 13.9. The molecule has 4 heteroatoms. The van der Waals surface area contributed by atoms with Crippen molar-refractivity contribution in [1.82, 2.24) is 15.3 Å². The smallest absolute Gasteiger partial charge is 0.160 e. The van der Waals surface area contributed by atoms with Crippen molar-refractivity contribution < 1.29 is 4.74 Å². The van der Waals surface area contributed by atoms with Crippen molar-refractivity contribution in [2.75, 3.05) is 14.2 Å². The maximum atomic E-state index is 5.82. The Labute approximate surface area is 116 Å². The molecule has 19 heavy (non-hydrogen) atoms. The summed E-state index contributed by atoms with van der Waals surface area (Å²) in [6.07, 6.45) is 8.12. The Morgan fingerprint density at radius 1 is 1.16 bits per heavy atom. The number of hydrogen-bond acceptors (Lipinski definition) is 4. The van der Waals surface area contributed by atoms with E-state index in [2.05, 4.69) is 29.1 Å². The molecule has 2 rings (SSSR count). The van der Waals surface area contributed by atoms with Crippen molar-refractivity contribution >= 4 is 0 Å². The lowest BCUT2D eigenvalue weighted by atomic mass is 9.70. The van der Waals surface area contributed by atoms with Crippen molar-refractivity contribution in [3.63, 3.8) is 0 Å². The first kappa shape index (κ1) is 14.4. The molecule has 0 unspecified atom stereocenters. The van der Waals surface area contributed by atoms with Gasteiger partial charge in [0.2, 0.25) is 0 Å². The summed E-state index contributed by atoms with van der Waals surface area (Å²) < 4.78 is 5.82. The van der Waals surface area contributed by atoms with Crippen molar-refractivity contribution in [2.24, 2.45) is 5.41 Å². The first-order valence-electron chi connectivity index (χ1n) is 7.02. The van der Waals surface area contributed by atoms with Gasteiger partial charge >= 0.3 is 0 Å². The molecule has 1 heterocycles. The molecule has 0 saturated heterocycles. The number of rotatable bonds is 4. The van der Waals surface area contributed by atoms with Crippen molar-refractivity contribution in [3.8, 4) is 0 Å². The molecule has 1 saturated carbocycles. The van der Waals surface area contributed by atoms with Gasteiger partial charge < -0.3 is 10.1 Å². The number of nitrogens with zero attached hydrogens (tertiary/aromatic N) is 2. The molecule has 0 spiro atoms. The largest absolute Gasteiger partial charge is 0.370 e. The molecular weight excluding hydrogens is 238 g/mol. The van der Waals surface area contributed by atoms with E-state index in [4.69, 9.17) is 4.74 Å². The van der Waals surface area contributed by atoms with Gasteiger partial charge in [-0.25, -0.2) is 9.97 Å². The van der Waals surface area contributed by atoms with Crippen molar-refractivity contribution in [1.29, 1.82) is 0 Å². The predicted octanol–water partition coefficient (Wildman–Crippen LogP) is 2.64. The Hall–Kier alpha value is -1.00. The topological polar surface area (TPSA) is 47.0 Å². The zero-order valence-electron chi connectivity index (χ0n) is 12.5. The van der Waals surface area contributed by atoms with E-state index in [-0.39, 0.29) is 5.60 Å². The molecule has 4 nitrogen and oxygen atoms in total. The molecule has 1 aliphatic rings. The van der Waals surface area contributed by atoms with Crippen LogP contribution in [0.2, 0.25) is 0 Å². The van der Waals surface area contributed by atoms with Crippen molar-refractivity contribution in [3.05, 3.63) is 23.8 Å². The van der Waals surface area contributed by atoms with Gasteiger partial charge in [-0.05, 0) is 38.1 Å². The average Bonchev–Trinajstić information content (AvgIpc) is 2.41. The summed E-state index contributed by atoms with van der Waals surface area (Å²) in [4.78, 5) is 9.07. The minimum absolute atomic E-state index is 0.284. The van der Waals surface area contributed by atoms with E-state index >= 15 is 0 Å². The molecule has 1 N–H and O–H groups in total. The van der Waals surface area contributed by atoms with Gasteiger partial charge in [-0.15, -0.1) is 0 Å². The van der Waals surface area contributed by atoms with Crippen LogP contribution in [0.3, 0.4) is 0 Å². The SMILES string of the molecule is CNCc1cnc(C2(OC)CCC(C)(C)CC2)nc1. The van der Waals surface area contributed by atoms with Crippen LogP contribution in [0, 0.1) is 5.41 Å². The zero-order valence-corrected chi connectivity index (χ0v) is 12.5. The van der Waals surface area contributed by atoms with Gasteiger partial charge in [0.15, 0.2) is 5.82 Å². The number of nitrogens with one attached hydrogen (secondary N) is 1. The maximum absolute atomic E-state index is 5.82.